The van der Waals surface area contributed by atoms with Gasteiger partial charge < -0.3 is 10.1 Å². The maximum Gasteiger partial charge on any atom is 0.264 e. The third-order valence-electron chi connectivity index (χ3n) is 7.22. The van der Waals surface area contributed by atoms with Gasteiger partial charge in [0.15, 0.2) is 0 Å². The minimum Gasteiger partial charge on any atom is -0.487 e. The Morgan fingerprint density at radius 3 is 2.38 bits per heavy atom. The van der Waals surface area contributed by atoms with Crippen molar-refractivity contribution in [2.24, 2.45) is 0 Å². The molecule has 0 saturated heterocycles. The van der Waals surface area contributed by atoms with E-state index in [-0.39, 0.29) is 17.5 Å². The van der Waals surface area contributed by atoms with Crippen LogP contribution in [0.4, 0.5) is 5.69 Å². The molecule has 37 heavy (non-hydrogen) atoms. The van der Waals surface area contributed by atoms with Gasteiger partial charge in [0.25, 0.3) is 10.0 Å². The number of benzene rings is 3. The number of ether oxygens (including phenoxy) is 1. The van der Waals surface area contributed by atoms with Crippen molar-refractivity contribution in [3.63, 3.8) is 0 Å². The smallest absolute Gasteiger partial charge is 0.264 e. The van der Waals surface area contributed by atoms with Crippen molar-refractivity contribution >= 4 is 33.2 Å². The molecule has 1 unspecified atom stereocenters. The van der Waals surface area contributed by atoms with E-state index in [0.29, 0.717) is 22.7 Å². The van der Waals surface area contributed by atoms with E-state index in [1.807, 2.05) is 31.2 Å². The van der Waals surface area contributed by atoms with Crippen LogP contribution in [-0.2, 0) is 14.8 Å². The summed E-state index contributed by atoms with van der Waals surface area (Å²) < 4.78 is 35.1. The maximum absolute atomic E-state index is 13.8. The number of nitrogens with zero attached hydrogens (tertiary/aromatic N) is 1. The molecule has 8 heteroatoms. The first-order valence-electron chi connectivity index (χ1n) is 12.5. The van der Waals surface area contributed by atoms with E-state index >= 15 is 0 Å². The summed E-state index contributed by atoms with van der Waals surface area (Å²) in [5.41, 5.74) is 2.38. The molecule has 4 rings (SSSR count). The molecule has 1 heterocycles. The summed E-state index contributed by atoms with van der Waals surface area (Å²) in [7, 11) is -4.05. The molecule has 1 aliphatic heterocycles. The standard InChI is InChI=1S/C29H33ClN2O4S/c1-5-29(6-2)18-25(23-10-7-8-13-27(23)36-29)31-28(33)19-32(26-12-9-11-24(30)21(26)4)37(34,35)22-16-14-20(3)15-17-22/h7-17,25H,5-6,18-19H2,1-4H3,(H,31,33). The SMILES string of the molecule is CCC1(CC)CC(NC(=O)CN(c2cccc(Cl)c2C)S(=O)(=O)c2ccc(C)cc2)c2ccccc2O1. The fourth-order valence-electron chi connectivity index (χ4n) is 4.80. The number of amides is 1. The van der Waals surface area contributed by atoms with E-state index < -0.39 is 21.5 Å². The topological polar surface area (TPSA) is 75.7 Å². The molecule has 0 aromatic heterocycles. The van der Waals surface area contributed by atoms with Gasteiger partial charge in [-0.05, 0) is 62.6 Å². The first-order chi connectivity index (χ1) is 17.6. The first kappa shape index (κ1) is 27.0. The van der Waals surface area contributed by atoms with Crippen molar-refractivity contribution in [2.75, 3.05) is 10.8 Å². The summed E-state index contributed by atoms with van der Waals surface area (Å²) in [5.74, 6) is 0.343. The summed E-state index contributed by atoms with van der Waals surface area (Å²) in [6, 6.07) is 19.0. The summed E-state index contributed by atoms with van der Waals surface area (Å²) in [5, 5.41) is 3.53. The number of nitrogens with one attached hydrogen (secondary N) is 1. The monoisotopic (exact) mass is 540 g/mol. The van der Waals surface area contributed by atoms with Gasteiger partial charge in [-0.3, -0.25) is 9.10 Å². The number of hydrogen-bond acceptors (Lipinski definition) is 4. The molecule has 196 valence electrons. The van der Waals surface area contributed by atoms with Gasteiger partial charge in [0, 0.05) is 17.0 Å². The van der Waals surface area contributed by atoms with Crippen LogP contribution in [0.15, 0.2) is 71.6 Å². The highest BCUT2D eigenvalue weighted by atomic mass is 35.5. The lowest BCUT2D eigenvalue weighted by molar-refractivity contribution is -0.121. The highest BCUT2D eigenvalue weighted by Gasteiger charge is 2.39. The molecule has 0 saturated carbocycles. The van der Waals surface area contributed by atoms with Crippen LogP contribution in [0.25, 0.3) is 0 Å². The Morgan fingerprint density at radius 1 is 1.03 bits per heavy atom. The highest BCUT2D eigenvalue weighted by molar-refractivity contribution is 7.92. The average molecular weight is 541 g/mol. The van der Waals surface area contributed by atoms with Gasteiger partial charge in [-0.15, -0.1) is 0 Å². The molecular weight excluding hydrogens is 508 g/mol. The van der Waals surface area contributed by atoms with Crippen molar-refractivity contribution in [2.45, 2.75) is 63.5 Å². The molecule has 3 aromatic carbocycles. The van der Waals surface area contributed by atoms with Gasteiger partial charge in [-0.1, -0.05) is 67.4 Å². The predicted octanol–water partition coefficient (Wildman–Crippen LogP) is 6.35. The van der Waals surface area contributed by atoms with Gasteiger partial charge in [0.05, 0.1) is 16.6 Å². The van der Waals surface area contributed by atoms with Gasteiger partial charge in [0.2, 0.25) is 5.91 Å². The normalized spacial score (nSPS) is 16.4. The van der Waals surface area contributed by atoms with E-state index in [2.05, 4.69) is 19.2 Å². The zero-order valence-electron chi connectivity index (χ0n) is 21.6. The number of carbonyl (C=O) groups excluding carboxylic acids is 1. The number of hydrogen-bond donors (Lipinski definition) is 1. The molecule has 0 aliphatic carbocycles. The van der Waals surface area contributed by atoms with E-state index in [0.717, 1.165) is 34.0 Å². The van der Waals surface area contributed by atoms with Gasteiger partial charge >= 0.3 is 0 Å². The fourth-order valence-corrected chi connectivity index (χ4v) is 6.45. The Labute approximate surface area is 224 Å². The predicted molar refractivity (Wildman–Crippen MR) is 148 cm³/mol. The number of sulfonamides is 1. The fraction of sp³-hybridized carbons (Fsp3) is 0.345. The Hall–Kier alpha value is -3.03. The molecule has 0 bridgehead atoms. The highest BCUT2D eigenvalue weighted by Crippen LogP contribution is 2.42. The van der Waals surface area contributed by atoms with E-state index in [4.69, 9.17) is 16.3 Å². The molecule has 1 atom stereocenters. The number of carbonyl (C=O) groups is 1. The quantitative estimate of drug-likeness (QED) is 0.361. The lowest BCUT2D eigenvalue weighted by atomic mass is 9.83. The minimum absolute atomic E-state index is 0.109. The zero-order valence-corrected chi connectivity index (χ0v) is 23.2. The largest absolute Gasteiger partial charge is 0.487 e. The van der Waals surface area contributed by atoms with Gasteiger partial charge in [0.1, 0.15) is 17.9 Å². The summed E-state index contributed by atoms with van der Waals surface area (Å²) in [4.78, 5) is 13.6. The number of para-hydroxylation sites is 1. The van der Waals surface area contributed by atoms with Crippen molar-refractivity contribution in [3.05, 3.63) is 88.4 Å². The minimum atomic E-state index is -4.05. The average Bonchev–Trinajstić information content (AvgIpc) is 2.89. The summed E-state index contributed by atoms with van der Waals surface area (Å²) >= 11 is 6.35. The second-order valence-corrected chi connectivity index (χ2v) is 11.8. The number of rotatable bonds is 8. The van der Waals surface area contributed by atoms with Crippen LogP contribution in [0.3, 0.4) is 0 Å². The van der Waals surface area contributed by atoms with Crippen molar-refractivity contribution < 1.29 is 17.9 Å². The molecule has 3 aromatic rings. The van der Waals surface area contributed by atoms with E-state index in [1.54, 1.807) is 49.4 Å². The van der Waals surface area contributed by atoms with Crippen LogP contribution < -0.4 is 14.4 Å². The second kappa shape index (κ2) is 10.8. The van der Waals surface area contributed by atoms with Crippen LogP contribution in [0.1, 0.15) is 55.8 Å². The third-order valence-corrected chi connectivity index (χ3v) is 9.41. The summed E-state index contributed by atoms with van der Waals surface area (Å²) in [6.45, 7) is 7.41. The van der Waals surface area contributed by atoms with E-state index in [1.165, 1.54) is 0 Å². The lowest BCUT2D eigenvalue weighted by Crippen LogP contribution is -2.47. The summed E-state index contributed by atoms with van der Waals surface area (Å²) in [6.07, 6.45) is 2.18. The van der Waals surface area contributed by atoms with Gasteiger partial charge in [-0.2, -0.15) is 0 Å². The second-order valence-electron chi connectivity index (χ2n) is 9.56. The molecule has 0 fully saturated rings. The molecule has 1 amide bonds. The van der Waals surface area contributed by atoms with Crippen LogP contribution >= 0.6 is 11.6 Å². The third kappa shape index (κ3) is 5.48. The Balaban J connectivity index is 1.69. The molecule has 6 nitrogen and oxygen atoms in total. The van der Waals surface area contributed by atoms with Crippen LogP contribution in [0, 0.1) is 13.8 Å². The Morgan fingerprint density at radius 2 is 1.70 bits per heavy atom. The maximum atomic E-state index is 13.8. The van der Waals surface area contributed by atoms with Crippen molar-refractivity contribution in [1.82, 2.24) is 5.32 Å². The van der Waals surface area contributed by atoms with Crippen LogP contribution in [0.5, 0.6) is 5.75 Å². The molecule has 1 N–H and O–H groups in total. The molecule has 1 aliphatic rings. The number of halogens is 1. The molecule has 0 radical (unpaired) electrons. The van der Waals surface area contributed by atoms with Crippen LogP contribution in [-0.4, -0.2) is 26.5 Å². The zero-order chi connectivity index (χ0) is 26.8. The number of anilines is 1. The van der Waals surface area contributed by atoms with Gasteiger partial charge in [-0.25, -0.2) is 8.42 Å². The lowest BCUT2D eigenvalue weighted by Gasteiger charge is -2.41. The number of aryl methyl sites for hydroxylation is 1. The van der Waals surface area contributed by atoms with Crippen molar-refractivity contribution in [1.29, 1.82) is 0 Å². The number of fused-ring (bicyclic) bond motifs is 1. The molecular formula is C29H33ClN2O4S. The Bertz CT molecular complexity index is 1390. The Kier molecular flexibility index (Phi) is 7.85. The first-order valence-corrected chi connectivity index (χ1v) is 14.3. The molecule has 0 spiro atoms. The van der Waals surface area contributed by atoms with E-state index in [9.17, 15) is 13.2 Å². The van der Waals surface area contributed by atoms with Crippen LogP contribution in [0.2, 0.25) is 5.02 Å². The van der Waals surface area contributed by atoms with Crippen molar-refractivity contribution in [3.8, 4) is 5.75 Å².